The summed E-state index contributed by atoms with van der Waals surface area (Å²) in [6.07, 6.45) is 2.71. The molecule has 0 aromatic heterocycles. The molecular weight excluding hydrogens is 242 g/mol. The average Bonchev–Trinajstić information content (AvgIpc) is 3.15. The van der Waals surface area contributed by atoms with Gasteiger partial charge in [-0.05, 0) is 37.3 Å². The molecule has 1 amide bonds. The van der Waals surface area contributed by atoms with Gasteiger partial charge in [-0.2, -0.15) is 0 Å². The Morgan fingerprint density at radius 1 is 1.37 bits per heavy atom. The van der Waals surface area contributed by atoms with Crippen LogP contribution in [0.15, 0.2) is 24.3 Å². The molecule has 0 aliphatic heterocycles. The van der Waals surface area contributed by atoms with Gasteiger partial charge >= 0.3 is 5.97 Å². The van der Waals surface area contributed by atoms with Crippen LogP contribution in [0.1, 0.15) is 42.7 Å². The standard InChI is InChI=1S/C15H19NO3/c1-10-4-2-3-5-12(10)13(15(18)19)8-9-14(17)16-11-6-7-11/h2-5,11,13H,6-9H2,1H3,(H,16,17)(H,18,19). The molecule has 2 rings (SSSR count). The van der Waals surface area contributed by atoms with Gasteiger partial charge in [-0.15, -0.1) is 0 Å². The molecule has 1 unspecified atom stereocenters. The lowest BCUT2D eigenvalue weighted by molar-refractivity contribution is -0.139. The monoisotopic (exact) mass is 261 g/mol. The number of hydrogen-bond acceptors (Lipinski definition) is 2. The van der Waals surface area contributed by atoms with E-state index in [-0.39, 0.29) is 12.3 Å². The van der Waals surface area contributed by atoms with Gasteiger partial charge in [0.15, 0.2) is 0 Å². The molecule has 19 heavy (non-hydrogen) atoms. The summed E-state index contributed by atoms with van der Waals surface area (Å²) in [6.45, 7) is 1.90. The molecule has 0 heterocycles. The number of carbonyl (C=O) groups is 2. The van der Waals surface area contributed by atoms with Gasteiger partial charge in [0.2, 0.25) is 5.91 Å². The summed E-state index contributed by atoms with van der Waals surface area (Å²) in [7, 11) is 0. The SMILES string of the molecule is Cc1ccccc1C(CCC(=O)NC1CC1)C(=O)O. The number of nitrogens with one attached hydrogen (secondary N) is 1. The predicted octanol–water partition coefficient (Wildman–Crippen LogP) is 2.22. The van der Waals surface area contributed by atoms with Crippen molar-refractivity contribution in [3.63, 3.8) is 0 Å². The molecule has 1 aromatic carbocycles. The number of carboxylic acids is 1. The lowest BCUT2D eigenvalue weighted by atomic mass is 9.91. The molecule has 0 bridgehead atoms. The van der Waals surface area contributed by atoms with Crippen LogP contribution in [0.5, 0.6) is 0 Å². The van der Waals surface area contributed by atoms with E-state index in [4.69, 9.17) is 0 Å². The predicted molar refractivity (Wildman–Crippen MR) is 72.0 cm³/mol. The third kappa shape index (κ3) is 3.81. The largest absolute Gasteiger partial charge is 0.481 e. The van der Waals surface area contributed by atoms with E-state index >= 15 is 0 Å². The van der Waals surface area contributed by atoms with Crippen molar-refractivity contribution in [2.75, 3.05) is 0 Å². The van der Waals surface area contributed by atoms with Gasteiger partial charge in [-0.25, -0.2) is 0 Å². The highest BCUT2D eigenvalue weighted by Crippen LogP contribution is 2.25. The zero-order valence-corrected chi connectivity index (χ0v) is 11.1. The summed E-state index contributed by atoms with van der Waals surface area (Å²) in [5.41, 5.74) is 1.76. The van der Waals surface area contributed by atoms with Gasteiger partial charge in [0.1, 0.15) is 0 Å². The maximum atomic E-state index is 11.6. The number of amides is 1. The lowest BCUT2D eigenvalue weighted by Crippen LogP contribution is -2.26. The van der Waals surface area contributed by atoms with Crippen LogP contribution >= 0.6 is 0 Å². The maximum Gasteiger partial charge on any atom is 0.310 e. The van der Waals surface area contributed by atoms with Crippen LogP contribution in [0.4, 0.5) is 0 Å². The minimum Gasteiger partial charge on any atom is -0.481 e. The quantitative estimate of drug-likeness (QED) is 0.825. The first-order valence-corrected chi connectivity index (χ1v) is 6.65. The molecule has 4 nitrogen and oxygen atoms in total. The van der Waals surface area contributed by atoms with Gasteiger partial charge in [0.05, 0.1) is 5.92 Å². The summed E-state index contributed by atoms with van der Waals surface area (Å²) in [5.74, 6) is -1.51. The van der Waals surface area contributed by atoms with E-state index in [1.54, 1.807) is 0 Å². The van der Waals surface area contributed by atoms with Crippen molar-refractivity contribution < 1.29 is 14.7 Å². The Labute approximate surface area is 112 Å². The molecule has 4 heteroatoms. The first-order chi connectivity index (χ1) is 9.08. The molecule has 2 N–H and O–H groups in total. The molecular formula is C15H19NO3. The van der Waals surface area contributed by atoms with Crippen LogP contribution in [0.25, 0.3) is 0 Å². The lowest BCUT2D eigenvalue weighted by Gasteiger charge is -2.15. The second-order valence-electron chi connectivity index (χ2n) is 5.13. The number of rotatable bonds is 6. The normalized spacial score (nSPS) is 15.8. The zero-order valence-electron chi connectivity index (χ0n) is 11.1. The van der Waals surface area contributed by atoms with E-state index in [1.165, 1.54) is 0 Å². The van der Waals surface area contributed by atoms with Crippen molar-refractivity contribution in [2.24, 2.45) is 0 Å². The Morgan fingerprint density at radius 2 is 2.05 bits per heavy atom. The summed E-state index contributed by atoms with van der Waals surface area (Å²) >= 11 is 0. The topological polar surface area (TPSA) is 66.4 Å². The summed E-state index contributed by atoms with van der Waals surface area (Å²) in [5, 5.41) is 12.2. The van der Waals surface area contributed by atoms with E-state index in [1.807, 2.05) is 31.2 Å². The second kappa shape index (κ2) is 5.87. The van der Waals surface area contributed by atoms with Gasteiger partial charge in [-0.1, -0.05) is 24.3 Å². The van der Waals surface area contributed by atoms with E-state index < -0.39 is 11.9 Å². The van der Waals surface area contributed by atoms with E-state index in [0.717, 1.165) is 24.0 Å². The van der Waals surface area contributed by atoms with Crippen molar-refractivity contribution in [3.8, 4) is 0 Å². The molecule has 0 radical (unpaired) electrons. The van der Waals surface area contributed by atoms with Crippen LogP contribution in [0.3, 0.4) is 0 Å². The summed E-state index contributed by atoms with van der Waals surface area (Å²) < 4.78 is 0. The van der Waals surface area contributed by atoms with E-state index in [0.29, 0.717) is 12.5 Å². The van der Waals surface area contributed by atoms with Crippen molar-refractivity contribution in [1.29, 1.82) is 0 Å². The highest BCUT2D eigenvalue weighted by Gasteiger charge is 2.25. The van der Waals surface area contributed by atoms with E-state index in [2.05, 4.69) is 5.32 Å². The van der Waals surface area contributed by atoms with Crippen LogP contribution in [-0.2, 0) is 9.59 Å². The van der Waals surface area contributed by atoms with Crippen molar-refractivity contribution in [1.82, 2.24) is 5.32 Å². The first-order valence-electron chi connectivity index (χ1n) is 6.65. The third-order valence-electron chi connectivity index (χ3n) is 3.46. The van der Waals surface area contributed by atoms with Crippen molar-refractivity contribution >= 4 is 11.9 Å². The molecule has 1 aliphatic rings. The van der Waals surface area contributed by atoms with Crippen LogP contribution < -0.4 is 5.32 Å². The minimum atomic E-state index is -0.867. The molecule has 1 atom stereocenters. The Hall–Kier alpha value is -1.84. The van der Waals surface area contributed by atoms with Gasteiger partial charge in [0.25, 0.3) is 0 Å². The van der Waals surface area contributed by atoms with Crippen molar-refractivity contribution in [3.05, 3.63) is 35.4 Å². The first kappa shape index (κ1) is 13.6. The molecule has 0 spiro atoms. The highest BCUT2D eigenvalue weighted by atomic mass is 16.4. The average molecular weight is 261 g/mol. The number of hydrogen-bond donors (Lipinski definition) is 2. The fourth-order valence-electron chi connectivity index (χ4n) is 2.19. The molecule has 1 aromatic rings. The molecule has 0 saturated heterocycles. The zero-order chi connectivity index (χ0) is 13.8. The van der Waals surface area contributed by atoms with Crippen molar-refractivity contribution in [2.45, 2.75) is 44.6 Å². The van der Waals surface area contributed by atoms with Gasteiger partial charge in [0, 0.05) is 12.5 Å². The third-order valence-corrected chi connectivity index (χ3v) is 3.46. The number of carbonyl (C=O) groups excluding carboxylic acids is 1. The highest BCUT2D eigenvalue weighted by molar-refractivity contribution is 5.80. The van der Waals surface area contributed by atoms with Gasteiger partial charge < -0.3 is 10.4 Å². The van der Waals surface area contributed by atoms with Crippen LogP contribution in [0.2, 0.25) is 0 Å². The number of carboxylic acid groups (broad SMARTS) is 1. The van der Waals surface area contributed by atoms with E-state index in [9.17, 15) is 14.7 Å². The fraction of sp³-hybridized carbons (Fsp3) is 0.467. The molecule has 1 aliphatic carbocycles. The Kier molecular flexibility index (Phi) is 4.20. The smallest absolute Gasteiger partial charge is 0.310 e. The number of aryl methyl sites for hydroxylation is 1. The molecule has 1 fully saturated rings. The molecule has 1 saturated carbocycles. The number of benzene rings is 1. The Morgan fingerprint density at radius 3 is 2.63 bits per heavy atom. The van der Waals surface area contributed by atoms with Crippen LogP contribution in [-0.4, -0.2) is 23.0 Å². The van der Waals surface area contributed by atoms with Crippen LogP contribution in [0, 0.1) is 6.92 Å². The second-order valence-corrected chi connectivity index (χ2v) is 5.13. The molecule has 102 valence electrons. The fourth-order valence-corrected chi connectivity index (χ4v) is 2.19. The summed E-state index contributed by atoms with van der Waals surface area (Å²) in [4.78, 5) is 23.0. The Balaban J connectivity index is 1.98. The number of aliphatic carboxylic acids is 1. The Bertz CT molecular complexity index is 480. The maximum absolute atomic E-state index is 11.6. The summed E-state index contributed by atoms with van der Waals surface area (Å²) in [6, 6.07) is 7.77. The van der Waals surface area contributed by atoms with Gasteiger partial charge in [-0.3, -0.25) is 9.59 Å². The minimum absolute atomic E-state index is 0.0395.